The highest BCUT2D eigenvalue weighted by atomic mass is 35.5. The molecule has 3 N–H and O–H groups in total. The van der Waals surface area contributed by atoms with Crippen molar-refractivity contribution < 1.29 is 24.9 Å². The number of amides is 1. The third kappa shape index (κ3) is 3.52. The highest BCUT2D eigenvalue weighted by Gasteiger charge is 2.32. The van der Waals surface area contributed by atoms with E-state index in [9.17, 15) is 19.8 Å². The van der Waals surface area contributed by atoms with Crippen molar-refractivity contribution in [3.05, 3.63) is 27.6 Å². The van der Waals surface area contributed by atoms with Crippen LogP contribution in [0.3, 0.4) is 0 Å². The standard InChI is InChI=1S/C13H10ClNO5S2/c14-7-3-6(4-8(16)11(7)19)5-9-12(20)15(13(21)22-9)2-1-10(17)18/h3-5,16,19H,1-2H2,(H,17,18)/b9-5-. The molecule has 1 amide bonds. The normalized spacial score (nSPS) is 16.6. The van der Waals surface area contributed by atoms with Crippen LogP contribution in [0.5, 0.6) is 11.5 Å². The molecule has 2 rings (SSSR count). The van der Waals surface area contributed by atoms with E-state index in [4.69, 9.17) is 28.9 Å². The molecule has 0 radical (unpaired) electrons. The van der Waals surface area contributed by atoms with Crippen LogP contribution < -0.4 is 0 Å². The zero-order chi connectivity index (χ0) is 16.4. The molecule has 0 aliphatic carbocycles. The number of aromatic hydroxyl groups is 2. The van der Waals surface area contributed by atoms with E-state index < -0.39 is 23.4 Å². The van der Waals surface area contributed by atoms with Crippen molar-refractivity contribution in [2.75, 3.05) is 6.54 Å². The molecule has 0 atom stereocenters. The van der Waals surface area contributed by atoms with Gasteiger partial charge in [0, 0.05) is 6.54 Å². The van der Waals surface area contributed by atoms with Gasteiger partial charge >= 0.3 is 5.97 Å². The van der Waals surface area contributed by atoms with Crippen molar-refractivity contribution in [3.8, 4) is 11.5 Å². The van der Waals surface area contributed by atoms with Crippen LogP contribution in [-0.2, 0) is 9.59 Å². The third-order valence-electron chi connectivity index (χ3n) is 2.79. The summed E-state index contributed by atoms with van der Waals surface area (Å²) in [5, 5.41) is 27.5. The van der Waals surface area contributed by atoms with E-state index in [2.05, 4.69) is 0 Å². The first-order chi connectivity index (χ1) is 10.3. The fourth-order valence-electron chi connectivity index (χ4n) is 1.74. The number of carboxylic acid groups (broad SMARTS) is 1. The summed E-state index contributed by atoms with van der Waals surface area (Å²) < 4.78 is 0.270. The van der Waals surface area contributed by atoms with Gasteiger partial charge in [-0.1, -0.05) is 35.6 Å². The second-order valence-corrected chi connectivity index (χ2v) is 6.43. The molecule has 1 aromatic rings. The number of hydrogen-bond donors (Lipinski definition) is 3. The Morgan fingerprint density at radius 1 is 1.41 bits per heavy atom. The molecule has 0 spiro atoms. The molecule has 0 unspecified atom stereocenters. The predicted octanol–water partition coefficient (Wildman–Crippen LogP) is 2.43. The van der Waals surface area contributed by atoms with Gasteiger partial charge in [-0.25, -0.2) is 0 Å². The van der Waals surface area contributed by atoms with E-state index in [1.54, 1.807) is 0 Å². The number of benzene rings is 1. The number of phenols is 2. The second kappa shape index (κ2) is 6.55. The van der Waals surface area contributed by atoms with Crippen molar-refractivity contribution in [2.45, 2.75) is 6.42 Å². The molecule has 0 bridgehead atoms. The Labute approximate surface area is 140 Å². The van der Waals surface area contributed by atoms with Crippen LogP contribution in [0, 0.1) is 0 Å². The van der Waals surface area contributed by atoms with Gasteiger partial charge in [0.1, 0.15) is 4.32 Å². The van der Waals surface area contributed by atoms with Gasteiger partial charge in [0.25, 0.3) is 5.91 Å². The van der Waals surface area contributed by atoms with Crippen molar-refractivity contribution in [1.29, 1.82) is 0 Å². The first-order valence-electron chi connectivity index (χ1n) is 5.98. The van der Waals surface area contributed by atoms with E-state index in [1.165, 1.54) is 23.1 Å². The predicted molar refractivity (Wildman–Crippen MR) is 86.9 cm³/mol. The summed E-state index contributed by atoms with van der Waals surface area (Å²) in [6.45, 7) is -0.00107. The summed E-state index contributed by atoms with van der Waals surface area (Å²) in [7, 11) is 0. The Kier molecular flexibility index (Phi) is 4.94. The lowest BCUT2D eigenvalue weighted by atomic mass is 10.2. The van der Waals surface area contributed by atoms with Crippen molar-refractivity contribution >= 4 is 57.9 Å². The molecule has 9 heteroatoms. The van der Waals surface area contributed by atoms with Gasteiger partial charge in [0.2, 0.25) is 0 Å². The van der Waals surface area contributed by atoms with Crippen LogP contribution in [0.25, 0.3) is 6.08 Å². The Morgan fingerprint density at radius 3 is 2.68 bits per heavy atom. The molecule has 116 valence electrons. The lowest BCUT2D eigenvalue weighted by molar-refractivity contribution is -0.137. The lowest BCUT2D eigenvalue weighted by Crippen LogP contribution is -2.30. The molecule has 1 heterocycles. The molecule has 6 nitrogen and oxygen atoms in total. The topological polar surface area (TPSA) is 98.1 Å². The Morgan fingerprint density at radius 2 is 2.09 bits per heavy atom. The maximum atomic E-state index is 12.2. The molecule has 0 saturated carbocycles. The minimum atomic E-state index is -1.02. The monoisotopic (exact) mass is 359 g/mol. The molecule has 1 saturated heterocycles. The molecule has 1 aliphatic heterocycles. The fraction of sp³-hybridized carbons (Fsp3) is 0.154. The van der Waals surface area contributed by atoms with Gasteiger partial charge in [-0.15, -0.1) is 0 Å². The number of aliphatic carboxylic acids is 1. The lowest BCUT2D eigenvalue weighted by Gasteiger charge is -2.12. The minimum Gasteiger partial charge on any atom is -0.504 e. The van der Waals surface area contributed by atoms with E-state index in [-0.39, 0.29) is 27.2 Å². The first-order valence-corrected chi connectivity index (χ1v) is 7.58. The average Bonchev–Trinajstić information content (AvgIpc) is 2.68. The number of nitrogens with zero attached hydrogens (tertiary/aromatic N) is 1. The van der Waals surface area contributed by atoms with Gasteiger partial charge < -0.3 is 15.3 Å². The molecular formula is C13H10ClNO5S2. The highest BCUT2D eigenvalue weighted by molar-refractivity contribution is 8.26. The summed E-state index contributed by atoms with van der Waals surface area (Å²) in [6, 6.07) is 2.64. The van der Waals surface area contributed by atoms with E-state index in [0.29, 0.717) is 5.56 Å². The largest absolute Gasteiger partial charge is 0.504 e. The summed E-state index contributed by atoms with van der Waals surface area (Å²) in [6.07, 6.45) is 1.26. The number of phenolic OH excluding ortho intramolecular Hbond substituents is 2. The maximum Gasteiger partial charge on any atom is 0.305 e. The van der Waals surface area contributed by atoms with Crippen molar-refractivity contribution in [1.82, 2.24) is 4.90 Å². The van der Waals surface area contributed by atoms with Crippen molar-refractivity contribution in [3.63, 3.8) is 0 Å². The smallest absolute Gasteiger partial charge is 0.305 e. The van der Waals surface area contributed by atoms with E-state index in [1.807, 2.05) is 0 Å². The number of carbonyl (C=O) groups excluding carboxylic acids is 1. The van der Waals surface area contributed by atoms with Crippen LogP contribution in [0.1, 0.15) is 12.0 Å². The van der Waals surface area contributed by atoms with Gasteiger partial charge in [-0.2, -0.15) is 0 Å². The molecule has 0 aromatic heterocycles. The van der Waals surface area contributed by atoms with Gasteiger partial charge in [-0.3, -0.25) is 14.5 Å². The average molecular weight is 360 g/mol. The highest BCUT2D eigenvalue weighted by Crippen LogP contribution is 2.37. The summed E-state index contributed by atoms with van der Waals surface area (Å²) >= 11 is 11.8. The van der Waals surface area contributed by atoms with Crippen LogP contribution >= 0.6 is 35.6 Å². The summed E-state index contributed by atoms with van der Waals surface area (Å²) in [4.78, 5) is 24.3. The third-order valence-corrected chi connectivity index (χ3v) is 4.45. The SMILES string of the molecule is O=C(O)CCN1C(=O)/C(=C/c2cc(O)c(O)c(Cl)c2)SC1=S. The van der Waals surface area contributed by atoms with Gasteiger partial charge in [0.05, 0.1) is 16.3 Å². The Hall–Kier alpha value is -1.77. The number of halogens is 1. The molecule has 1 aromatic carbocycles. The molecule has 22 heavy (non-hydrogen) atoms. The number of thiocarbonyl (C=S) groups is 1. The maximum absolute atomic E-state index is 12.2. The number of hydrogen-bond acceptors (Lipinski definition) is 6. The summed E-state index contributed by atoms with van der Waals surface area (Å²) in [5.74, 6) is -2.26. The minimum absolute atomic E-state index is 0.00107. The second-order valence-electron chi connectivity index (χ2n) is 4.35. The number of rotatable bonds is 4. The fourth-order valence-corrected chi connectivity index (χ4v) is 3.27. The molecule has 1 aliphatic rings. The van der Waals surface area contributed by atoms with Crippen LogP contribution in [0.15, 0.2) is 17.0 Å². The van der Waals surface area contributed by atoms with E-state index in [0.717, 1.165) is 11.8 Å². The first kappa shape index (κ1) is 16.6. The number of carboxylic acids is 1. The van der Waals surface area contributed by atoms with Crippen LogP contribution in [-0.4, -0.2) is 43.0 Å². The quantitative estimate of drug-likeness (QED) is 0.431. The Bertz CT molecular complexity index is 681. The zero-order valence-electron chi connectivity index (χ0n) is 10.9. The number of thioether (sulfide) groups is 1. The van der Waals surface area contributed by atoms with Crippen LogP contribution in [0.2, 0.25) is 5.02 Å². The summed E-state index contributed by atoms with van der Waals surface area (Å²) in [5.41, 5.74) is 0.416. The van der Waals surface area contributed by atoms with Gasteiger partial charge in [0.15, 0.2) is 11.5 Å². The van der Waals surface area contributed by atoms with Crippen molar-refractivity contribution in [2.24, 2.45) is 0 Å². The Balaban J connectivity index is 2.25. The van der Waals surface area contributed by atoms with Gasteiger partial charge in [-0.05, 0) is 23.8 Å². The van der Waals surface area contributed by atoms with Crippen LogP contribution in [0.4, 0.5) is 0 Å². The van der Waals surface area contributed by atoms with E-state index >= 15 is 0 Å². The molecule has 1 fully saturated rings. The zero-order valence-corrected chi connectivity index (χ0v) is 13.3. The number of carbonyl (C=O) groups is 2. The molecular weight excluding hydrogens is 350 g/mol.